The predicted octanol–water partition coefficient (Wildman–Crippen LogP) is 16.6. The van der Waals surface area contributed by atoms with Crippen LogP contribution in [0.25, 0.3) is 74.7 Å². The van der Waals surface area contributed by atoms with Crippen LogP contribution >= 0.6 is 11.3 Å². The van der Waals surface area contributed by atoms with Crippen molar-refractivity contribution < 1.29 is 0 Å². The van der Waals surface area contributed by atoms with Gasteiger partial charge < -0.3 is 0 Å². The second-order valence-corrected chi connectivity index (χ2v) is 18.2. The Morgan fingerprint density at radius 1 is 0.297 bits per heavy atom. The van der Waals surface area contributed by atoms with Crippen molar-refractivity contribution in [3.8, 4) is 22.3 Å². The molecule has 0 saturated heterocycles. The Balaban J connectivity index is 1.11. The van der Waals surface area contributed by atoms with E-state index in [1.54, 1.807) is 0 Å². The van der Waals surface area contributed by atoms with Crippen molar-refractivity contribution in [1.29, 1.82) is 0 Å². The van der Waals surface area contributed by atoms with Gasteiger partial charge in [-0.2, -0.15) is 0 Å². The van der Waals surface area contributed by atoms with Crippen LogP contribution in [0.4, 0.5) is 34.1 Å². The molecule has 11 aromatic carbocycles. The molecular formula is C60H39N2SSe. The summed E-state index contributed by atoms with van der Waals surface area (Å²) in [6.45, 7) is 0. The predicted molar refractivity (Wildman–Crippen MR) is 277 cm³/mol. The first kappa shape index (κ1) is 38.2. The van der Waals surface area contributed by atoms with Gasteiger partial charge in [-0.15, -0.1) is 11.3 Å². The van der Waals surface area contributed by atoms with Crippen LogP contribution in [-0.2, 0) is 0 Å². The van der Waals surface area contributed by atoms with Crippen molar-refractivity contribution >= 4 is 118 Å². The molecular weight excluding hydrogens is 860 g/mol. The van der Waals surface area contributed by atoms with Gasteiger partial charge in [0.15, 0.2) is 0 Å². The van der Waals surface area contributed by atoms with Crippen molar-refractivity contribution in [1.82, 2.24) is 0 Å². The minimum atomic E-state index is 1.08. The second kappa shape index (κ2) is 16.0. The summed E-state index contributed by atoms with van der Waals surface area (Å²) in [7, 11) is 0. The van der Waals surface area contributed by atoms with Crippen molar-refractivity contribution in [2.75, 3.05) is 9.80 Å². The van der Waals surface area contributed by atoms with E-state index in [0.29, 0.717) is 0 Å². The van der Waals surface area contributed by atoms with Crippen LogP contribution in [0.15, 0.2) is 237 Å². The number of fused-ring (bicyclic) bond motifs is 7. The van der Waals surface area contributed by atoms with Gasteiger partial charge in [-0.3, -0.25) is 0 Å². The number of rotatable bonds is 8. The summed E-state index contributed by atoms with van der Waals surface area (Å²) in [5.41, 5.74) is 11.3. The zero-order valence-corrected chi connectivity index (χ0v) is 37.3. The van der Waals surface area contributed by atoms with Gasteiger partial charge in [-0.05, 0) is 29.8 Å². The minimum absolute atomic E-state index is 1.08. The summed E-state index contributed by atoms with van der Waals surface area (Å²) >= 11 is 5.28. The van der Waals surface area contributed by atoms with Crippen LogP contribution in [0.1, 0.15) is 0 Å². The quantitative estimate of drug-likeness (QED) is 0.111. The fraction of sp³-hybridized carbons (Fsp3) is 0. The van der Waals surface area contributed by atoms with Gasteiger partial charge in [-0.1, -0.05) is 72.8 Å². The second-order valence-electron chi connectivity index (χ2n) is 16.2. The Bertz CT molecular complexity index is 3710. The molecule has 0 aliphatic carbocycles. The number of hydrogen-bond donors (Lipinski definition) is 0. The third kappa shape index (κ3) is 6.63. The number of thiophene rings is 1. The average molecular weight is 899 g/mol. The molecule has 0 spiro atoms. The zero-order valence-electron chi connectivity index (χ0n) is 34.7. The van der Waals surface area contributed by atoms with E-state index in [0.717, 1.165) is 49.5 Å². The van der Waals surface area contributed by atoms with Gasteiger partial charge in [-0.25, -0.2) is 0 Å². The van der Waals surface area contributed by atoms with Crippen molar-refractivity contribution in [2.24, 2.45) is 0 Å². The molecule has 1 aromatic heterocycles. The molecule has 1 radical (unpaired) electrons. The third-order valence-corrected chi connectivity index (χ3v) is 14.5. The van der Waals surface area contributed by atoms with Crippen molar-refractivity contribution in [3.05, 3.63) is 237 Å². The van der Waals surface area contributed by atoms with E-state index in [-0.39, 0.29) is 0 Å². The molecule has 0 unspecified atom stereocenters. The molecule has 301 valence electrons. The molecule has 12 aromatic rings. The molecule has 4 heteroatoms. The monoisotopic (exact) mass is 899 g/mol. The van der Waals surface area contributed by atoms with Gasteiger partial charge in [0.25, 0.3) is 0 Å². The number of nitrogens with zero attached hydrogens (tertiary/aromatic N) is 2. The van der Waals surface area contributed by atoms with Gasteiger partial charge >= 0.3 is 247 Å². The van der Waals surface area contributed by atoms with Crippen LogP contribution in [0.5, 0.6) is 0 Å². The van der Waals surface area contributed by atoms with Crippen LogP contribution < -0.4 is 14.3 Å². The SMILES string of the molecule is [Se]c1c(-c2cccc(N(c3ccccc3)c3cc4ccccc4c4ccc(N(c5ccc6c(c5)sc5ccccc56)c5ccccc5-c5ccccc5)cc34)c2)ccc2ccccc12. The van der Waals surface area contributed by atoms with E-state index in [1.165, 1.54) is 63.8 Å². The molecule has 12 rings (SSSR count). The van der Waals surface area contributed by atoms with E-state index in [4.69, 9.17) is 0 Å². The van der Waals surface area contributed by atoms with Gasteiger partial charge in [0, 0.05) is 25.7 Å². The van der Waals surface area contributed by atoms with Crippen molar-refractivity contribution in [3.63, 3.8) is 0 Å². The zero-order chi connectivity index (χ0) is 42.6. The number of hydrogen-bond acceptors (Lipinski definition) is 3. The Kier molecular flexibility index (Phi) is 9.57. The molecule has 0 aliphatic heterocycles. The molecule has 64 heavy (non-hydrogen) atoms. The first-order valence-corrected chi connectivity index (χ1v) is 23.3. The summed E-state index contributed by atoms with van der Waals surface area (Å²) in [6.07, 6.45) is 0. The number of para-hydroxylation sites is 2. The summed E-state index contributed by atoms with van der Waals surface area (Å²) < 4.78 is 3.72. The molecule has 1 heterocycles. The fourth-order valence-electron chi connectivity index (χ4n) is 9.49. The molecule has 0 aliphatic rings. The van der Waals surface area contributed by atoms with Crippen LogP contribution in [0.2, 0.25) is 0 Å². The van der Waals surface area contributed by atoms with Crippen molar-refractivity contribution in [2.45, 2.75) is 0 Å². The van der Waals surface area contributed by atoms with E-state index >= 15 is 0 Å². The van der Waals surface area contributed by atoms with Crippen LogP contribution in [0.3, 0.4) is 0 Å². The van der Waals surface area contributed by atoms with E-state index in [1.807, 2.05) is 11.3 Å². The number of anilines is 6. The van der Waals surface area contributed by atoms with Crippen LogP contribution in [0, 0.1) is 0 Å². The topological polar surface area (TPSA) is 6.48 Å². The summed E-state index contributed by atoms with van der Waals surface area (Å²) in [5.74, 6) is 0. The Labute approximate surface area is 384 Å². The summed E-state index contributed by atoms with van der Waals surface area (Å²) in [5, 5.41) is 9.80. The molecule has 0 atom stereocenters. The molecule has 0 fully saturated rings. The van der Waals surface area contributed by atoms with Gasteiger partial charge in [0.1, 0.15) is 0 Å². The molecule has 0 saturated carbocycles. The molecule has 0 N–H and O–H groups in total. The Morgan fingerprint density at radius 3 is 1.73 bits per heavy atom. The third-order valence-electron chi connectivity index (χ3n) is 12.5. The fourth-order valence-corrected chi connectivity index (χ4v) is 11.4. The van der Waals surface area contributed by atoms with Crippen LogP contribution in [-0.4, -0.2) is 16.0 Å². The average Bonchev–Trinajstić information content (AvgIpc) is 3.73. The Morgan fingerprint density at radius 2 is 0.891 bits per heavy atom. The van der Waals surface area contributed by atoms with E-state index < -0.39 is 0 Å². The number of benzene rings is 11. The normalized spacial score (nSPS) is 11.5. The standard InChI is InChI=1S/C60H39N2SSe/c64-60-50-26-10-7-18-41(50)30-33-51(60)42-20-15-23-45(36-42)61(44-21-5-2-6-22-44)57-37-43-19-8-9-24-48(43)52-34-31-46(38-55(52)57)62(56-28-13-11-25-49(56)40-16-3-1-4-17-40)47-32-35-54-53-27-12-14-29-58(53)63-59(54)39-47/h1-39H. The first-order valence-electron chi connectivity index (χ1n) is 21.6. The van der Waals surface area contributed by atoms with E-state index in [2.05, 4.69) is 262 Å². The first-order chi connectivity index (χ1) is 31.7. The molecule has 2 nitrogen and oxygen atoms in total. The Hall–Kier alpha value is -7.46. The molecule has 0 amide bonds. The maximum absolute atomic E-state index is 3.43. The summed E-state index contributed by atoms with van der Waals surface area (Å²) in [6, 6.07) is 86.4. The van der Waals surface area contributed by atoms with Gasteiger partial charge in [0.05, 0.1) is 0 Å². The summed E-state index contributed by atoms with van der Waals surface area (Å²) in [4.78, 5) is 4.89. The molecule has 0 bridgehead atoms. The van der Waals surface area contributed by atoms with Gasteiger partial charge in [0.2, 0.25) is 0 Å². The maximum atomic E-state index is 3.43. The van der Waals surface area contributed by atoms with E-state index in [9.17, 15) is 0 Å².